The molecular formula is C42H33N3O3. The molecule has 8 rings (SSSR count). The van der Waals surface area contributed by atoms with Crippen molar-refractivity contribution in [2.24, 2.45) is 5.10 Å². The standard InChI is InChI=1S/C42H33N3O3/c46-41-37(40(42(47)48)43-45(41)33-15-8-3-9-16-33)27-29-21-24-39-36(26-29)34-17-10-18-38(34)44(39)32-22-19-28(20-23-32)25-35(30-11-4-1-5-12-30)31-13-6-2-7-14-31/h1-9,11-16,19-27,34,38H,10,17-18H2,(H,47,48)/b37-27-. The zero-order valence-corrected chi connectivity index (χ0v) is 26.2. The van der Waals surface area contributed by atoms with Gasteiger partial charge in [-0.25, -0.2) is 4.79 Å². The lowest BCUT2D eigenvalue weighted by Gasteiger charge is -2.27. The predicted octanol–water partition coefficient (Wildman–Crippen LogP) is 8.93. The maximum atomic E-state index is 13.4. The van der Waals surface area contributed by atoms with Gasteiger partial charge >= 0.3 is 5.97 Å². The van der Waals surface area contributed by atoms with E-state index in [1.54, 1.807) is 30.3 Å². The van der Waals surface area contributed by atoms with Gasteiger partial charge in [0.05, 0.1) is 11.3 Å². The molecular weight excluding hydrogens is 594 g/mol. The topological polar surface area (TPSA) is 73.2 Å². The second-order valence-corrected chi connectivity index (χ2v) is 12.4. The summed E-state index contributed by atoms with van der Waals surface area (Å²) in [6.07, 6.45) is 7.26. The minimum atomic E-state index is -1.23. The first-order chi connectivity index (χ1) is 23.5. The van der Waals surface area contributed by atoms with Crippen LogP contribution in [0.2, 0.25) is 0 Å². The number of anilines is 3. The Kier molecular flexibility index (Phi) is 7.54. The fourth-order valence-corrected chi connectivity index (χ4v) is 7.38. The maximum Gasteiger partial charge on any atom is 0.357 e. The lowest BCUT2D eigenvalue weighted by Crippen LogP contribution is -2.26. The molecule has 0 bridgehead atoms. The van der Waals surface area contributed by atoms with E-state index in [9.17, 15) is 14.7 Å². The number of carboxylic acid groups (broad SMARTS) is 1. The third kappa shape index (κ3) is 5.31. The first kappa shape index (κ1) is 29.4. The van der Waals surface area contributed by atoms with Gasteiger partial charge in [0.1, 0.15) is 0 Å². The molecule has 3 aliphatic rings. The van der Waals surface area contributed by atoms with Gasteiger partial charge in [0.15, 0.2) is 5.71 Å². The van der Waals surface area contributed by atoms with Crippen LogP contribution in [-0.4, -0.2) is 28.7 Å². The summed E-state index contributed by atoms with van der Waals surface area (Å²) in [4.78, 5) is 28.0. The number of hydrogen-bond donors (Lipinski definition) is 1. The van der Waals surface area contributed by atoms with Gasteiger partial charge in [-0.2, -0.15) is 10.1 Å². The van der Waals surface area contributed by atoms with E-state index in [1.165, 1.54) is 33.0 Å². The van der Waals surface area contributed by atoms with Crippen LogP contribution < -0.4 is 9.91 Å². The summed E-state index contributed by atoms with van der Waals surface area (Å²) in [5, 5.41) is 15.2. The second kappa shape index (κ2) is 12.3. The van der Waals surface area contributed by atoms with Crippen molar-refractivity contribution >= 4 is 52.4 Å². The van der Waals surface area contributed by atoms with Crippen molar-refractivity contribution in [3.63, 3.8) is 0 Å². The zero-order valence-electron chi connectivity index (χ0n) is 26.2. The Morgan fingerprint density at radius 1 is 0.729 bits per heavy atom. The Balaban J connectivity index is 1.11. The molecule has 2 aliphatic heterocycles. The summed E-state index contributed by atoms with van der Waals surface area (Å²) in [5.41, 5.74) is 9.38. The molecule has 0 radical (unpaired) electrons. The van der Waals surface area contributed by atoms with Crippen molar-refractivity contribution in [2.75, 3.05) is 9.91 Å². The van der Waals surface area contributed by atoms with Crippen molar-refractivity contribution in [3.8, 4) is 0 Å². The molecule has 0 aromatic heterocycles. The number of amides is 1. The number of fused-ring (bicyclic) bond motifs is 3. The van der Waals surface area contributed by atoms with Crippen molar-refractivity contribution in [3.05, 3.63) is 167 Å². The van der Waals surface area contributed by atoms with Gasteiger partial charge in [0.2, 0.25) is 0 Å². The summed E-state index contributed by atoms with van der Waals surface area (Å²) in [6, 6.07) is 45.3. The summed E-state index contributed by atoms with van der Waals surface area (Å²) >= 11 is 0. The van der Waals surface area contributed by atoms with Crippen molar-refractivity contribution < 1.29 is 14.7 Å². The summed E-state index contributed by atoms with van der Waals surface area (Å²) < 4.78 is 0. The molecule has 1 N–H and O–H groups in total. The van der Waals surface area contributed by atoms with Crippen LogP contribution in [0.15, 0.2) is 144 Å². The predicted molar refractivity (Wildman–Crippen MR) is 192 cm³/mol. The molecule has 1 aliphatic carbocycles. The summed E-state index contributed by atoms with van der Waals surface area (Å²) in [7, 11) is 0. The number of para-hydroxylation sites is 1. The van der Waals surface area contributed by atoms with E-state index in [2.05, 4.69) is 101 Å². The van der Waals surface area contributed by atoms with E-state index in [0.29, 0.717) is 17.6 Å². The van der Waals surface area contributed by atoms with E-state index in [4.69, 9.17) is 0 Å². The van der Waals surface area contributed by atoms with Crippen LogP contribution in [0.3, 0.4) is 0 Å². The minimum absolute atomic E-state index is 0.0816. The lowest BCUT2D eigenvalue weighted by molar-refractivity contribution is -0.129. The Hall–Kier alpha value is -6.01. The molecule has 2 atom stereocenters. The van der Waals surface area contributed by atoms with Gasteiger partial charge in [-0.05, 0) is 94.8 Å². The molecule has 2 heterocycles. The molecule has 1 amide bonds. The van der Waals surface area contributed by atoms with E-state index < -0.39 is 11.9 Å². The first-order valence-electron chi connectivity index (χ1n) is 16.3. The molecule has 234 valence electrons. The highest BCUT2D eigenvalue weighted by Gasteiger charge is 2.42. The number of carboxylic acids is 1. The molecule has 5 aromatic carbocycles. The highest BCUT2D eigenvalue weighted by atomic mass is 16.4. The van der Waals surface area contributed by atoms with Gasteiger partial charge < -0.3 is 10.0 Å². The summed E-state index contributed by atoms with van der Waals surface area (Å²) in [6.45, 7) is 0. The van der Waals surface area contributed by atoms with E-state index in [0.717, 1.165) is 36.1 Å². The number of nitrogens with zero attached hydrogens (tertiary/aromatic N) is 3. The van der Waals surface area contributed by atoms with E-state index >= 15 is 0 Å². The van der Waals surface area contributed by atoms with Gasteiger partial charge in [-0.1, -0.05) is 103 Å². The van der Waals surface area contributed by atoms with E-state index in [1.807, 2.05) is 24.3 Å². The Bertz CT molecular complexity index is 2060. The molecule has 6 nitrogen and oxygen atoms in total. The lowest BCUT2D eigenvalue weighted by atomic mass is 9.95. The molecule has 1 saturated carbocycles. The Morgan fingerprint density at radius 3 is 2.00 bits per heavy atom. The molecule has 1 fully saturated rings. The van der Waals surface area contributed by atoms with Crippen LogP contribution in [0.4, 0.5) is 17.1 Å². The van der Waals surface area contributed by atoms with Gasteiger partial charge in [-0.15, -0.1) is 0 Å². The SMILES string of the molecule is O=C(O)C1=NN(c2ccccc2)C(=O)/C1=C\c1ccc2c(c1)C1CCCC1N2c1ccc(C=C(c2ccccc2)c2ccccc2)cc1. The summed E-state index contributed by atoms with van der Waals surface area (Å²) in [5.74, 6) is -1.31. The van der Waals surface area contributed by atoms with Crippen LogP contribution in [-0.2, 0) is 9.59 Å². The highest BCUT2D eigenvalue weighted by Crippen LogP contribution is 2.52. The molecule has 0 spiro atoms. The van der Waals surface area contributed by atoms with Crippen LogP contribution in [0.5, 0.6) is 0 Å². The van der Waals surface area contributed by atoms with Gasteiger partial charge in [0, 0.05) is 23.3 Å². The monoisotopic (exact) mass is 627 g/mol. The van der Waals surface area contributed by atoms with Crippen molar-refractivity contribution in [1.29, 1.82) is 0 Å². The maximum absolute atomic E-state index is 13.4. The quantitative estimate of drug-likeness (QED) is 0.144. The molecule has 48 heavy (non-hydrogen) atoms. The molecule has 0 saturated heterocycles. The highest BCUT2D eigenvalue weighted by molar-refractivity contribution is 6.53. The number of rotatable bonds is 7. The van der Waals surface area contributed by atoms with Crippen LogP contribution >= 0.6 is 0 Å². The zero-order chi connectivity index (χ0) is 32.6. The van der Waals surface area contributed by atoms with Crippen LogP contribution in [0.1, 0.15) is 53.0 Å². The largest absolute Gasteiger partial charge is 0.476 e. The second-order valence-electron chi connectivity index (χ2n) is 12.4. The third-order valence-electron chi connectivity index (χ3n) is 9.57. The Labute approximate surface area is 279 Å². The average Bonchev–Trinajstić information content (AvgIpc) is 3.82. The van der Waals surface area contributed by atoms with Crippen LogP contribution in [0.25, 0.3) is 17.7 Å². The smallest absolute Gasteiger partial charge is 0.357 e. The van der Waals surface area contributed by atoms with Crippen molar-refractivity contribution in [1.82, 2.24) is 0 Å². The fraction of sp³-hybridized carbons (Fsp3) is 0.119. The number of hydrogen-bond acceptors (Lipinski definition) is 4. The first-order valence-corrected chi connectivity index (χ1v) is 16.3. The number of carbonyl (C=O) groups is 2. The minimum Gasteiger partial charge on any atom is -0.476 e. The molecule has 2 unspecified atom stereocenters. The number of hydrazone groups is 1. The number of benzene rings is 5. The van der Waals surface area contributed by atoms with Crippen molar-refractivity contribution in [2.45, 2.75) is 31.2 Å². The van der Waals surface area contributed by atoms with Gasteiger partial charge in [-0.3, -0.25) is 4.79 Å². The third-order valence-corrected chi connectivity index (χ3v) is 9.57. The Morgan fingerprint density at radius 2 is 1.35 bits per heavy atom. The van der Waals surface area contributed by atoms with Crippen LogP contribution in [0, 0.1) is 0 Å². The van der Waals surface area contributed by atoms with Gasteiger partial charge in [0.25, 0.3) is 5.91 Å². The number of aliphatic carboxylic acids is 1. The van der Waals surface area contributed by atoms with E-state index in [-0.39, 0.29) is 11.3 Å². The number of carbonyl (C=O) groups excluding carboxylic acids is 1. The average molecular weight is 628 g/mol. The molecule has 5 aromatic rings. The normalized spacial score (nSPS) is 18.9. The molecule has 6 heteroatoms. The fourth-order valence-electron chi connectivity index (χ4n) is 7.38.